The number of pyridine rings is 1. The molecule has 0 aliphatic carbocycles. The Balaban J connectivity index is 1.77. The van der Waals surface area contributed by atoms with Crippen LogP contribution in [0.15, 0.2) is 30.5 Å². The van der Waals surface area contributed by atoms with E-state index in [0.29, 0.717) is 17.1 Å². The highest BCUT2D eigenvalue weighted by Crippen LogP contribution is 2.38. The van der Waals surface area contributed by atoms with Crippen molar-refractivity contribution in [2.45, 2.75) is 32.0 Å². The summed E-state index contributed by atoms with van der Waals surface area (Å²) in [6.45, 7) is 4.42. The number of benzene rings is 1. The minimum atomic E-state index is -4.43. The molecule has 0 saturated carbocycles. The zero-order valence-corrected chi connectivity index (χ0v) is 17.4. The van der Waals surface area contributed by atoms with E-state index in [1.165, 1.54) is 6.20 Å². The normalized spacial score (nSPS) is 21.5. The molecule has 1 saturated heterocycles. The number of aromatic nitrogens is 1. The summed E-state index contributed by atoms with van der Waals surface area (Å²) in [4.78, 5) is 6.18. The summed E-state index contributed by atoms with van der Waals surface area (Å²) in [5.74, 6) is 0.992. The van der Waals surface area contributed by atoms with Crippen LogP contribution >= 0.6 is 0 Å². The number of anilines is 1. The van der Waals surface area contributed by atoms with Crippen molar-refractivity contribution >= 4 is 27.6 Å². The number of hydrogen-bond donors (Lipinski definition) is 2. The maximum atomic E-state index is 13.4. The lowest BCUT2D eigenvalue weighted by atomic mass is 9.94. The Morgan fingerprint density at radius 2 is 2.07 bits per heavy atom. The van der Waals surface area contributed by atoms with Gasteiger partial charge in [-0.05, 0) is 56.6 Å². The van der Waals surface area contributed by atoms with E-state index in [9.17, 15) is 17.4 Å². The average Bonchev–Trinajstić information content (AvgIpc) is 2.69. The molecule has 2 aromatic rings. The van der Waals surface area contributed by atoms with Gasteiger partial charge in [0.25, 0.3) is 0 Å². The zero-order chi connectivity index (χ0) is 21.0. The van der Waals surface area contributed by atoms with E-state index in [4.69, 9.17) is 0 Å². The highest BCUT2D eigenvalue weighted by molar-refractivity contribution is 7.82. The summed E-state index contributed by atoms with van der Waals surface area (Å²) in [5, 5.41) is 4.04. The third-order valence-corrected chi connectivity index (χ3v) is 6.33. The van der Waals surface area contributed by atoms with E-state index in [1.54, 1.807) is 25.2 Å². The molecule has 5 nitrogen and oxygen atoms in total. The molecule has 2 heterocycles. The Bertz CT molecular complexity index is 861. The van der Waals surface area contributed by atoms with E-state index < -0.39 is 22.7 Å². The minimum Gasteiger partial charge on any atom is -0.369 e. The molecule has 1 aliphatic rings. The van der Waals surface area contributed by atoms with Gasteiger partial charge in [0.1, 0.15) is 0 Å². The number of fused-ring (bicyclic) bond motifs is 1. The second-order valence-corrected chi connectivity index (χ2v) is 9.04. The molecule has 3 rings (SSSR count). The lowest BCUT2D eigenvalue weighted by Gasteiger charge is -2.39. The second-order valence-electron chi connectivity index (χ2n) is 7.53. The van der Waals surface area contributed by atoms with Crippen LogP contribution in [0.2, 0.25) is 0 Å². The van der Waals surface area contributed by atoms with Crippen LogP contribution in [0.25, 0.3) is 10.9 Å². The molecule has 0 bridgehead atoms. The van der Waals surface area contributed by atoms with E-state index in [0.717, 1.165) is 44.2 Å². The highest BCUT2D eigenvalue weighted by Gasteiger charge is 2.34. The van der Waals surface area contributed by atoms with Crippen LogP contribution in [0, 0.1) is 5.92 Å². The molecule has 1 fully saturated rings. The van der Waals surface area contributed by atoms with Crippen LogP contribution in [0.4, 0.5) is 18.9 Å². The third-order valence-electron chi connectivity index (χ3n) is 5.22. The molecule has 3 atom stereocenters. The fourth-order valence-corrected chi connectivity index (χ4v) is 4.58. The summed E-state index contributed by atoms with van der Waals surface area (Å²) in [6, 6.07) is 6.33. The number of nitrogens with zero attached hydrogens (tertiary/aromatic N) is 2. The van der Waals surface area contributed by atoms with Gasteiger partial charge in [0.15, 0.2) is 0 Å². The Morgan fingerprint density at radius 3 is 2.79 bits per heavy atom. The summed E-state index contributed by atoms with van der Waals surface area (Å²) < 4.78 is 54.3. The van der Waals surface area contributed by atoms with Crippen molar-refractivity contribution in [2.75, 3.05) is 37.3 Å². The SMILES string of the molecule is CNS(=O)CCCNC1CC(C)CN(c2ccc(C(F)(F)F)c3ncccc23)C1. The molecule has 1 aliphatic heterocycles. The number of piperidine rings is 1. The molecule has 3 unspecified atom stereocenters. The van der Waals surface area contributed by atoms with E-state index in [-0.39, 0.29) is 11.6 Å². The standard InChI is InChI=1S/C20H27F3N4OS/c1-14-11-15(25-9-4-10-29(28)24-2)13-27(12-14)18-7-6-17(20(21,22)23)19-16(18)5-3-8-26-19/h3,5-8,14-15,24-25H,4,9-13H2,1-2H3. The molecule has 0 radical (unpaired) electrons. The van der Waals surface area contributed by atoms with E-state index in [1.807, 2.05) is 0 Å². The number of halogens is 3. The van der Waals surface area contributed by atoms with Gasteiger partial charge in [-0.1, -0.05) is 6.92 Å². The van der Waals surface area contributed by atoms with Crippen molar-refractivity contribution in [1.82, 2.24) is 15.0 Å². The van der Waals surface area contributed by atoms with Crippen molar-refractivity contribution in [2.24, 2.45) is 5.92 Å². The van der Waals surface area contributed by atoms with Crippen molar-refractivity contribution in [3.63, 3.8) is 0 Å². The molecule has 1 aromatic carbocycles. The van der Waals surface area contributed by atoms with Gasteiger partial charge >= 0.3 is 6.18 Å². The molecule has 0 amide bonds. The zero-order valence-electron chi connectivity index (χ0n) is 16.6. The van der Waals surface area contributed by atoms with Crippen molar-refractivity contribution in [3.05, 3.63) is 36.0 Å². The third kappa shape index (κ3) is 5.46. The first-order valence-electron chi connectivity index (χ1n) is 9.78. The Morgan fingerprint density at radius 1 is 1.28 bits per heavy atom. The van der Waals surface area contributed by atoms with Crippen LogP contribution in [-0.2, 0) is 17.2 Å². The summed E-state index contributed by atoms with van der Waals surface area (Å²) in [5.41, 5.74) is 0.0830. The summed E-state index contributed by atoms with van der Waals surface area (Å²) >= 11 is 0. The van der Waals surface area contributed by atoms with Crippen LogP contribution in [0.1, 0.15) is 25.3 Å². The molecular weight excluding hydrogens is 401 g/mol. The fraction of sp³-hybridized carbons (Fsp3) is 0.550. The first kappa shape index (κ1) is 22.0. The molecule has 29 heavy (non-hydrogen) atoms. The van der Waals surface area contributed by atoms with Gasteiger partial charge in [-0.15, -0.1) is 0 Å². The second kappa shape index (κ2) is 9.40. The Kier molecular flexibility index (Phi) is 7.13. The first-order valence-corrected chi connectivity index (χ1v) is 11.1. The highest BCUT2D eigenvalue weighted by atomic mass is 32.2. The predicted octanol–water partition coefficient (Wildman–Crippen LogP) is 3.33. The lowest BCUT2D eigenvalue weighted by molar-refractivity contribution is -0.136. The first-order chi connectivity index (χ1) is 13.8. The van der Waals surface area contributed by atoms with E-state index >= 15 is 0 Å². The van der Waals surface area contributed by atoms with Gasteiger partial charge in [0.2, 0.25) is 0 Å². The lowest BCUT2D eigenvalue weighted by Crippen LogP contribution is -2.49. The molecule has 2 N–H and O–H groups in total. The van der Waals surface area contributed by atoms with Crippen molar-refractivity contribution in [3.8, 4) is 0 Å². The van der Waals surface area contributed by atoms with Crippen LogP contribution in [-0.4, -0.2) is 47.7 Å². The van der Waals surface area contributed by atoms with E-state index in [2.05, 4.69) is 26.8 Å². The minimum absolute atomic E-state index is 0.00483. The topological polar surface area (TPSA) is 57.3 Å². The molecular formula is C20H27F3N4OS. The number of rotatable bonds is 7. The molecule has 1 aromatic heterocycles. The molecule has 0 spiro atoms. The van der Waals surface area contributed by atoms with Crippen LogP contribution in [0.5, 0.6) is 0 Å². The van der Waals surface area contributed by atoms with Gasteiger partial charge in [0.05, 0.1) is 22.1 Å². The summed E-state index contributed by atoms with van der Waals surface area (Å²) in [7, 11) is 0.672. The van der Waals surface area contributed by atoms with Crippen molar-refractivity contribution in [1.29, 1.82) is 0 Å². The number of nitrogens with one attached hydrogen (secondary N) is 2. The van der Waals surface area contributed by atoms with Gasteiger partial charge < -0.3 is 10.2 Å². The van der Waals surface area contributed by atoms with Crippen LogP contribution in [0.3, 0.4) is 0 Å². The largest absolute Gasteiger partial charge is 0.418 e. The molecule has 9 heteroatoms. The van der Waals surface area contributed by atoms with Gasteiger partial charge in [0, 0.05) is 42.2 Å². The Hall–Kier alpha value is -1.71. The maximum absolute atomic E-state index is 13.4. The van der Waals surface area contributed by atoms with Crippen molar-refractivity contribution < 1.29 is 17.4 Å². The fourth-order valence-electron chi connectivity index (χ4n) is 3.97. The number of alkyl halides is 3. The maximum Gasteiger partial charge on any atom is 0.418 e. The Labute approximate surface area is 171 Å². The number of hydrogen-bond acceptors (Lipinski definition) is 4. The predicted molar refractivity (Wildman–Crippen MR) is 111 cm³/mol. The average molecular weight is 429 g/mol. The van der Waals surface area contributed by atoms with Gasteiger partial charge in [-0.3, -0.25) is 4.98 Å². The monoisotopic (exact) mass is 428 g/mol. The van der Waals surface area contributed by atoms with Gasteiger partial charge in [-0.25, -0.2) is 8.93 Å². The van der Waals surface area contributed by atoms with Crippen LogP contribution < -0.4 is 14.9 Å². The van der Waals surface area contributed by atoms with Gasteiger partial charge in [-0.2, -0.15) is 13.2 Å². The smallest absolute Gasteiger partial charge is 0.369 e. The summed E-state index contributed by atoms with van der Waals surface area (Å²) in [6.07, 6.45) is -1.23. The molecule has 160 valence electrons. The quantitative estimate of drug-likeness (QED) is 0.665.